The van der Waals surface area contributed by atoms with E-state index in [-0.39, 0.29) is 11.8 Å². The van der Waals surface area contributed by atoms with Crippen LogP contribution in [-0.4, -0.2) is 44.0 Å². The smallest absolute Gasteiger partial charge is 0.314 e. The van der Waals surface area contributed by atoms with Crippen molar-refractivity contribution >= 4 is 17.6 Å². The average molecular weight is 304 g/mol. The summed E-state index contributed by atoms with van der Waals surface area (Å²) in [6.45, 7) is 1.56. The largest absolute Gasteiger partial charge is 0.378 e. The number of benzene rings is 1. The Hall–Kier alpha value is -2.24. The number of piperidine rings is 1. The highest BCUT2D eigenvalue weighted by Crippen LogP contribution is 2.17. The maximum absolute atomic E-state index is 12.2. The number of hydrogen-bond acceptors (Lipinski definition) is 3. The number of carbonyl (C=O) groups excluding carboxylic acids is 2. The number of amides is 3. The van der Waals surface area contributed by atoms with Crippen molar-refractivity contribution in [2.45, 2.75) is 19.4 Å². The van der Waals surface area contributed by atoms with Crippen molar-refractivity contribution in [2.75, 3.05) is 32.1 Å². The van der Waals surface area contributed by atoms with E-state index in [0.29, 0.717) is 19.6 Å². The molecule has 6 nitrogen and oxygen atoms in total. The van der Waals surface area contributed by atoms with E-state index in [4.69, 9.17) is 5.73 Å². The van der Waals surface area contributed by atoms with Gasteiger partial charge in [0.25, 0.3) is 0 Å². The minimum absolute atomic E-state index is 0.0114. The van der Waals surface area contributed by atoms with Crippen molar-refractivity contribution in [2.24, 2.45) is 11.7 Å². The molecule has 1 aromatic carbocycles. The molecule has 0 saturated carbocycles. The molecule has 1 atom stereocenters. The van der Waals surface area contributed by atoms with Crippen LogP contribution in [0.2, 0.25) is 0 Å². The molecule has 1 saturated heterocycles. The number of nitrogens with one attached hydrogen (secondary N) is 1. The topological polar surface area (TPSA) is 78.7 Å². The van der Waals surface area contributed by atoms with Gasteiger partial charge < -0.3 is 20.9 Å². The molecule has 0 aliphatic carbocycles. The lowest BCUT2D eigenvalue weighted by Gasteiger charge is -2.30. The monoisotopic (exact) mass is 304 g/mol. The summed E-state index contributed by atoms with van der Waals surface area (Å²) in [5.41, 5.74) is 7.47. The lowest BCUT2D eigenvalue weighted by Crippen LogP contribution is -2.47. The molecule has 0 bridgehead atoms. The summed E-state index contributed by atoms with van der Waals surface area (Å²) in [5, 5.41) is 2.95. The second-order valence-corrected chi connectivity index (χ2v) is 5.90. The van der Waals surface area contributed by atoms with Crippen molar-refractivity contribution in [1.82, 2.24) is 10.2 Å². The van der Waals surface area contributed by atoms with Crippen LogP contribution in [0.1, 0.15) is 18.4 Å². The Labute approximate surface area is 131 Å². The number of hydrogen-bond donors (Lipinski definition) is 2. The molecule has 22 heavy (non-hydrogen) atoms. The Bertz CT molecular complexity index is 527. The third kappa shape index (κ3) is 4.13. The molecule has 0 unspecified atom stereocenters. The van der Waals surface area contributed by atoms with E-state index < -0.39 is 6.03 Å². The highest BCUT2D eigenvalue weighted by molar-refractivity contribution is 5.80. The number of nitrogens with zero attached hydrogens (tertiary/aromatic N) is 2. The number of carbonyl (C=O) groups is 2. The van der Waals surface area contributed by atoms with Crippen LogP contribution in [0.3, 0.4) is 0 Å². The first-order chi connectivity index (χ1) is 10.5. The number of nitrogens with two attached hydrogens (primary N) is 1. The minimum atomic E-state index is -0.447. The molecule has 1 heterocycles. The number of anilines is 1. The van der Waals surface area contributed by atoms with Gasteiger partial charge in [-0.1, -0.05) is 12.1 Å². The minimum Gasteiger partial charge on any atom is -0.378 e. The third-order valence-corrected chi connectivity index (χ3v) is 4.02. The quantitative estimate of drug-likeness (QED) is 0.876. The van der Waals surface area contributed by atoms with Crippen LogP contribution in [0.4, 0.5) is 10.5 Å². The Morgan fingerprint density at radius 1 is 1.32 bits per heavy atom. The first-order valence-corrected chi connectivity index (χ1v) is 7.55. The molecule has 1 aliphatic heterocycles. The van der Waals surface area contributed by atoms with Gasteiger partial charge in [-0.05, 0) is 30.5 Å². The lowest BCUT2D eigenvalue weighted by atomic mass is 9.97. The number of urea groups is 1. The van der Waals surface area contributed by atoms with Crippen LogP contribution in [0, 0.1) is 5.92 Å². The van der Waals surface area contributed by atoms with E-state index >= 15 is 0 Å². The average Bonchev–Trinajstić information content (AvgIpc) is 2.53. The van der Waals surface area contributed by atoms with Crippen molar-refractivity contribution in [3.05, 3.63) is 29.8 Å². The van der Waals surface area contributed by atoms with Crippen LogP contribution in [0.5, 0.6) is 0 Å². The number of likely N-dealkylation sites (tertiary alicyclic amines) is 1. The normalized spacial score (nSPS) is 17.9. The molecular weight excluding hydrogens is 280 g/mol. The molecular formula is C16H24N4O2. The summed E-state index contributed by atoms with van der Waals surface area (Å²) in [4.78, 5) is 27.0. The highest BCUT2D eigenvalue weighted by Gasteiger charge is 2.27. The molecule has 1 fully saturated rings. The van der Waals surface area contributed by atoms with Crippen LogP contribution >= 0.6 is 0 Å². The predicted molar refractivity (Wildman–Crippen MR) is 86.5 cm³/mol. The van der Waals surface area contributed by atoms with Gasteiger partial charge in [0.2, 0.25) is 5.91 Å². The summed E-state index contributed by atoms with van der Waals surface area (Å²) < 4.78 is 0. The molecule has 120 valence electrons. The van der Waals surface area contributed by atoms with E-state index in [1.54, 1.807) is 4.90 Å². The second kappa shape index (κ2) is 7.15. The van der Waals surface area contributed by atoms with Gasteiger partial charge in [-0.3, -0.25) is 4.79 Å². The van der Waals surface area contributed by atoms with Crippen molar-refractivity contribution in [1.29, 1.82) is 0 Å². The fourth-order valence-corrected chi connectivity index (χ4v) is 2.64. The summed E-state index contributed by atoms with van der Waals surface area (Å²) >= 11 is 0. The molecule has 0 spiro atoms. The van der Waals surface area contributed by atoms with E-state index in [1.165, 1.54) is 0 Å². The molecule has 2 rings (SSSR count). The van der Waals surface area contributed by atoms with Crippen LogP contribution in [0.15, 0.2) is 24.3 Å². The molecule has 1 aromatic rings. The fraction of sp³-hybridized carbons (Fsp3) is 0.500. The summed E-state index contributed by atoms with van der Waals surface area (Å²) in [5.74, 6) is -0.176. The first-order valence-electron chi connectivity index (χ1n) is 7.55. The Kier molecular flexibility index (Phi) is 5.25. The van der Waals surface area contributed by atoms with E-state index in [2.05, 4.69) is 5.32 Å². The third-order valence-electron chi connectivity index (χ3n) is 4.02. The molecule has 3 N–H and O–H groups in total. The Morgan fingerprint density at radius 3 is 2.59 bits per heavy atom. The van der Waals surface area contributed by atoms with Crippen LogP contribution in [0.25, 0.3) is 0 Å². The van der Waals surface area contributed by atoms with Gasteiger partial charge in [0.05, 0.1) is 5.92 Å². The zero-order valence-electron chi connectivity index (χ0n) is 13.2. The summed E-state index contributed by atoms with van der Waals surface area (Å²) in [6.07, 6.45) is 1.62. The zero-order chi connectivity index (χ0) is 16.1. The summed E-state index contributed by atoms with van der Waals surface area (Å²) in [6, 6.07) is 7.61. The molecule has 0 radical (unpaired) electrons. The second-order valence-electron chi connectivity index (χ2n) is 5.90. The standard InChI is InChI=1S/C16H24N4O2/c1-19(2)14-7-5-12(6-8-14)10-18-15(21)13-4-3-9-20(11-13)16(17)22/h5-8,13H,3-4,9-11H2,1-2H3,(H2,17,22)(H,18,21)/t13-/m0/s1. The number of primary amides is 1. The molecule has 1 aliphatic rings. The van der Waals surface area contributed by atoms with E-state index in [0.717, 1.165) is 24.1 Å². The van der Waals surface area contributed by atoms with E-state index in [9.17, 15) is 9.59 Å². The number of rotatable bonds is 4. The predicted octanol–water partition coefficient (Wildman–Crippen LogP) is 1.16. The van der Waals surface area contributed by atoms with Gasteiger partial charge in [0.15, 0.2) is 0 Å². The van der Waals surface area contributed by atoms with Crippen LogP contribution < -0.4 is 16.0 Å². The van der Waals surface area contributed by atoms with Gasteiger partial charge in [-0.2, -0.15) is 0 Å². The maximum atomic E-state index is 12.2. The Balaban J connectivity index is 1.85. The SMILES string of the molecule is CN(C)c1ccc(CNC(=O)[C@H]2CCCN(C(N)=O)C2)cc1. The zero-order valence-corrected chi connectivity index (χ0v) is 13.2. The Morgan fingerprint density at radius 2 is 2.00 bits per heavy atom. The maximum Gasteiger partial charge on any atom is 0.314 e. The van der Waals surface area contributed by atoms with Crippen molar-refractivity contribution < 1.29 is 9.59 Å². The van der Waals surface area contributed by atoms with Crippen LogP contribution in [-0.2, 0) is 11.3 Å². The highest BCUT2D eigenvalue weighted by atomic mass is 16.2. The summed E-state index contributed by atoms with van der Waals surface area (Å²) in [7, 11) is 3.98. The molecule has 0 aromatic heterocycles. The van der Waals surface area contributed by atoms with Gasteiger partial charge >= 0.3 is 6.03 Å². The van der Waals surface area contributed by atoms with Gasteiger partial charge in [-0.25, -0.2) is 4.79 Å². The van der Waals surface area contributed by atoms with Gasteiger partial charge in [0, 0.05) is 39.4 Å². The fourth-order valence-electron chi connectivity index (χ4n) is 2.64. The van der Waals surface area contributed by atoms with Crippen molar-refractivity contribution in [3.8, 4) is 0 Å². The van der Waals surface area contributed by atoms with E-state index in [1.807, 2.05) is 43.3 Å². The first kappa shape index (κ1) is 16.1. The lowest BCUT2D eigenvalue weighted by molar-refractivity contribution is -0.126. The van der Waals surface area contributed by atoms with Gasteiger partial charge in [-0.15, -0.1) is 0 Å². The van der Waals surface area contributed by atoms with Gasteiger partial charge in [0.1, 0.15) is 0 Å². The van der Waals surface area contributed by atoms with Crippen molar-refractivity contribution in [3.63, 3.8) is 0 Å². The molecule has 3 amide bonds. The molecule has 6 heteroatoms.